The van der Waals surface area contributed by atoms with Gasteiger partial charge in [0.15, 0.2) is 0 Å². The molecule has 0 aliphatic carbocycles. The van der Waals surface area contributed by atoms with Crippen LogP contribution in [0.2, 0.25) is 0 Å². The molecule has 1 aromatic rings. The Morgan fingerprint density at radius 1 is 1.44 bits per heavy atom. The molecular weight excluding hydrogens is 244 g/mol. The second-order valence-electron chi connectivity index (χ2n) is 4.36. The molecule has 0 fully saturated rings. The van der Waals surface area contributed by atoms with E-state index in [1.54, 1.807) is 11.8 Å². The van der Waals surface area contributed by atoms with Crippen LogP contribution < -0.4 is 11.1 Å². The van der Waals surface area contributed by atoms with Crippen LogP contribution in [0.15, 0.2) is 29.2 Å². The van der Waals surface area contributed by atoms with E-state index in [1.807, 2.05) is 24.3 Å². The van der Waals surface area contributed by atoms with Gasteiger partial charge < -0.3 is 11.1 Å². The van der Waals surface area contributed by atoms with Gasteiger partial charge in [0, 0.05) is 11.3 Å². The predicted molar refractivity (Wildman–Crippen MR) is 78.9 cm³/mol. The minimum Gasteiger partial charge on any atom is -0.330 e. The van der Waals surface area contributed by atoms with E-state index in [0.29, 0.717) is 18.9 Å². The summed E-state index contributed by atoms with van der Waals surface area (Å²) in [4.78, 5) is 13.0. The molecule has 0 aliphatic rings. The molecule has 18 heavy (non-hydrogen) atoms. The van der Waals surface area contributed by atoms with Crippen LogP contribution in [-0.2, 0) is 4.79 Å². The number of nitrogens with one attached hydrogen (secondary N) is 1. The van der Waals surface area contributed by atoms with Gasteiger partial charge in [-0.2, -0.15) is 0 Å². The fraction of sp³-hybridized carbons (Fsp3) is 0.500. The Labute approximate surface area is 114 Å². The minimum atomic E-state index is 0.0689. The zero-order valence-corrected chi connectivity index (χ0v) is 11.9. The van der Waals surface area contributed by atoms with Crippen LogP contribution in [0.5, 0.6) is 0 Å². The lowest BCUT2D eigenvalue weighted by Crippen LogP contribution is -2.16. The highest BCUT2D eigenvalue weighted by atomic mass is 32.2. The quantitative estimate of drug-likeness (QED) is 0.746. The molecule has 0 aliphatic heterocycles. The predicted octanol–water partition coefficient (Wildman–Crippen LogP) is 3.11. The molecule has 0 radical (unpaired) electrons. The Morgan fingerprint density at radius 3 is 2.83 bits per heavy atom. The van der Waals surface area contributed by atoms with Gasteiger partial charge in [-0.25, -0.2) is 0 Å². The second kappa shape index (κ2) is 8.16. The molecule has 0 bridgehead atoms. The summed E-state index contributed by atoms with van der Waals surface area (Å²) < 4.78 is 0. The lowest BCUT2D eigenvalue weighted by atomic mass is 10.1. The van der Waals surface area contributed by atoms with Crippen molar-refractivity contribution in [1.82, 2.24) is 0 Å². The summed E-state index contributed by atoms with van der Waals surface area (Å²) in [6.45, 7) is 4.80. The smallest absolute Gasteiger partial charge is 0.224 e. The molecule has 0 heterocycles. The van der Waals surface area contributed by atoms with Crippen molar-refractivity contribution in [2.24, 2.45) is 11.7 Å². The van der Waals surface area contributed by atoms with Crippen molar-refractivity contribution in [1.29, 1.82) is 0 Å². The van der Waals surface area contributed by atoms with Crippen LogP contribution in [0.25, 0.3) is 0 Å². The maximum Gasteiger partial charge on any atom is 0.224 e. The first kappa shape index (κ1) is 15.1. The van der Waals surface area contributed by atoms with Gasteiger partial charge in [0.25, 0.3) is 0 Å². The lowest BCUT2D eigenvalue weighted by molar-refractivity contribution is -0.116. The first-order chi connectivity index (χ1) is 8.67. The Kier molecular flexibility index (Phi) is 6.83. The SMILES string of the molecule is CCSc1ccccc1NC(=O)CCC(C)CN. The second-order valence-corrected chi connectivity index (χ2v) is 5.66. The van der Waals surface area contributed by atoms with Crippen molar-refractivity contribution in [2.45, 2.75) is 31.6 Å². The highest BCUT2D eigenvalue weighted by Gasteiger charge is 2.08. The maximum absolute atomic E-state index is 11.8. The zero-order valence-electron chi connectivity index (χ0n) is 11.1. The number of hydrogen-bond donors (Lipinski definition) is 2. The third-order valence-electron chi connectivity index (χ3n) is 2.73. The first-order valence-corrected chi connectivity index (χ1v) is 7.37. The third kappa shape index (κ3) is 5.10. The summed E-state index contributed by atoms with van der Waals surface area (Å²) in [6, 6.07) is 7.91. The van der Waals surface area contributed by atoms with Crippen molar-refractivity contribution in [3.63, 3.8) is 0 Å². The largest absolute Gasteiger partial charge is 0.330 e. The standard InChI is InChI=1S/C14H22N2OS/c1-3-18-13-7-5-4-6-12(13)16-14(17)9-8-11(2)10-15/h4-7,11H,3,8-10,15H2,1-2H3,(H,16,17). The molecule has 100 valence electrons. The van der Waals surface area contributed by atoms with Crippen LogP contribution in [0, 0.1) is 5.92 Å². The van der Waals surface area contributed by atoms with Crippen LogP contribution >= 0.6 is 11.8 Å². The monoisotopic (exact) mass is 266 g/mol. The van der Waals surface area contributed by atoms with E-state index in [2.05, 4.69) is 19.2 Å². The molecule has 1 unspecified atom stereocenters. The highest BCUT2D eigenvalue weighted by molar-refractivity contribution is 7.99. The molecule has 0 saturated heterocycles. The molecule has 0 spiro atoms. The zero-order chi connectivity index (χ0) is 13.4. The normalized spacial score (nSPS) is 12.2. The molecule has 3 N–H and O–H groups in total. The molecule has 1 atom stereocenters. The van der Waals surface area contributed by atoms with Gasteiger partial charge in [-0.3, -0.25) is 4.79 Å². The highest BCUT2D eigenvalue weighted by Crippen LogP contribution is 2.26. The van der Waals surface area contributed by atoms with Crippen LogP contribution in [0.1, 0.15) is 26.7 Å². The average Bonchev–Trinajstić information content (AvgIpc) is 2.38. The molecule has 0 saturated carbocycles. The van der Waals surface area contributed by atoms with Gasteiger partial charge in [-0.1, -0.05) is 26.0 Å². The number of amides is 1. The van der Waals surface area contributed by atoms with Gasteiger partial charge in [0.05, 0.1) is 5.69 Å². The van der Waals surface area contributed by atoms with Crippen molar-refractivity contribution < 1.29 is 4.79 Å². The molecule has 3 nitrogen and oxygen atoms in total. The summed E-state index contributed by atoms with van der Waals surface area (Å²) in [5.74, 6) is 1.47. The van der Waals surface area contributed by atoms with E-state index in [1.165, 1.54) is 0 Å². The summed E-state index contributed by atoms with van der Waals surface area (Å²) in [6.07, 6.45) is 1.37. The minimum absolute atomic E-state index is 0.0689. The maximum atomic E-state index is 11.8. The Balaban J connectivity index is 2.53. The molecular formula is C14H22N2OS. The van der Waals surface area contributed by atoms with Gasteiger partial charge in [-0.15, -0.1) is 11.8 Å². The van der Waals surface area contributed by atoms with E-state index < -0.39 is 0 Å². The van der Waals surface area contributed by atoms with Crippen LogP contribution in [0.3, 0.4) is 0 Å². The van der Waals surface area contributed by atoms with E-state index in [9.17, 15) is 4.79 Å². The molecule has 4 heteroatoms. The Hall–Kier alpha value is -1.00. The van der Waals surface area contributed by atoms with Gasteiger partial charge in [-0.05, 0) is 36.8 Å². The first-order valence-electron chi connectivity index (χ1n) is 6.39. The number of rotatable bonds is 7. The van der Waals surface area contributed by atoms with Crippen molar-refractivity contribution >= 4 is 23.4 Å². The van der Waals surface area contributed by atoms with Crippen LogP contribution in [-0.4, -0.2) is 18.2 Å². The van der Waals surface area contributed by atoms with Crippen molar-refractivity contribution in [2.75, 3.05) is 17.6 Å². The number of para-hydroxylation sites is 1. The van der Waals surface area contributed by atoms with E-state index in [0.717, 1.165) is 22.8 Å². The van der Waals surface area contributed by atoms with Crippen LogP contribution in [0.4, 0.5) is 5.69 Å². The summed E-state index contributed by atoms with van der Waals surface area (Å²) in [5.41, 5.74) is 6.45. The Bertz CT molecular complexity index is 382. The Morgan fingerprint density at radius 2 is 2.17 bits per heavy atom. The lowest BCUT2D eigenvalue weighted by Gasteiger charge is -2.11. The number of anilines is 1. The number of thioether (sulfide) groups is 1. The topological polar surface area (TPSA) is 55.1 Å². The number of carbonyl (C=O) groups excluding carboxylic acids is 1. The molecule has 0 aromatic heterocycles. The van der Waals surface area contributed by atoms with Crippen molar-refractivity contribution in [3.8, 4) is 0 Å². The number of benzene rings is 1. The molecule has 1 aromatic carbocycles. The summed E-state index contributed by atoms with van der Waals surface area (Å²) >= 11 is 1.74. The van der Waals surface area contributed by atoms with Crippen molar-refractivity contribution in [3.05, 3.63) is 24.3 Å². The molecule has 1 amide bonds. The third-order valence-corrected chi connectivity index (χ3v) is 3.68. The average molecular weight is 266 g/mol. The van der Waals surface area contributed by atoms with Gasteiger partial charge >= 0.3 is 0 Å². The molecule has 1 rings (SSSR count). The fourth-order valence-corrected chi connectivity index (χ4v) is 2.32. The summed E-state index contributed by atoms with van der Waals surface area (Å²) in [7, 11) is 0. The number of nitrogens with two attached hydrogens (primary N) is 1. The van der Waals surface area contributed by atoms with E-state index in [4.69, 9.17) is 5.73 Å². The van der Waals surface area contributed by atoms with Gasteiger partial charge in [0.2, 0.25) is 5.91 Å². The summed E-state index contributed by atoms with van der Waals surface area (Å²) in [5, 5.41) is 2.97. The number of hydrogen-bond acceptors (Lipinski definition) is 3. The number of carbonyl (C=O) groups is 1. The van der Waals surface area contributed by atoms with Gasteiger partial charge in [0.1, 0.15) is 0 Å². The fourth-order valence-electron chi connectivity index (χ4n) is 1.56. The van der Waals surface area contributed by atoms with E-state index >= 15 is 0 Å². The van der Waals surface area contributed by atoms with E-state index in [-0.39, 0.29) is 5.91 Å².